The monoisotopic (exact) mass is 248 g/mol. The van der Waals surface area contributed by atoms with E-state index in [1.807, 2.05) is 6.07 Å². The van der Waals surface area contributed by atoms with Gasteiger partial charge in [0, 0.05) is 25.7 Å². The smallest absolute Gasteiger partial charge is 0.407 e. The normalized spacial score (nSPS) is 20.4. The van der Waals surface area contributed by atoms with E-state index in [4.69, 9.17) is 5.11 Å². The molecule has 4 heteroatoms. The number of aryl methyl sites for hydroxylation is 1. The molecular weight excluding hydrogens is 228 g/mol. The number of nitrogens with one attached hydrogen (secondary N) is 1. The third-order valence-electron chi connectivity index (χ3n) is 3.46. The minimum atomic E-state index is -0.805. The van der Waals surface area contributed by atoms with Crippen molar-refractivity contribution in [1.82, 2.24) is 10.2 Å². The Hall–Kier alpha value is -1.55. The summed E-state index contributed by atoms with van der Waals surface area (Å²) in [6, 6.07) is 10.8. The van der Waals surface area contributed by atoms with E-state index in [1.54, 1.807) is 0 Å². The van der Waals surface area contributed by atoms with Crippen molar-refractivity contribution in [2.24, 2.45) is 0 Å². The van der Waals surface area contributed by atoms with Crippen molar-refractivity contribution in [2.45, 2.75) is 25.3 Å². The zero-order valence-electron chi connectivity index (χ0n) is 10.5. The second-order valence-electron chi connectivity index (χ2n) is 4.73. The molecule has 98 valence electrons. The van der Waals surface area contributed by atoms with Crippen LogP contribution in [-0.4, -0.2) is 41.8 Å². The topological polar surface area (TPSA) is 52.6 Å². The van der Waals surface area contributed by atoms with E-state index in [2.05, 4.69) is 29.6 Å². The first-order chi connectivity index (χ1) is 8.75. The molecular formula is C14H20N2O2. The molecule has 1 aromatic rings. The number of amides is 1. The Kier molecular flexibility index (Phi) is 4.59. The molecule has 1 atom stereocenters. The lowest BCUT2D eigenvalue weighted by molar-refractivity contribution is 0.148. The molecule has 0 saturated carbocycles. The molecule has 0 bridgehead atoms. The van der Waals surface area contributed by atoms with Crippen molar-refractivity contribution in [3.63, 3.8) is 0 Å². The fraction of sp³-hybridized carbons (Fsp3) is 0.500. The van der Waals surface area contributed by atoms with Gasteiger partial charge in [0.2, 0.25) is 0 Å². The van der Waals surface area contributed by atoms with Gasteiger partial charge in [-0.2, -0.15) is 0 Å². The van der Waals surface area contributed by atoms with Gasteiger partial charge in [-0.25, -0.2) is 4.79 Å². The SMILES string of the molecule is O=C(O)N1CCN[C@H](CCc2ccccc2)CC1. The molecule has 2 N–H and O–H groups in total. The van der Waals surface area contributed by atoms with Gasteiger partial charge in [-0.1, -0.05) is 30.3 Å². The molecule has 1 amide bonds. The summed E-state index contributed by atoms with van der Waals surface area (Å²) in [6.45, 7) is 1.99. The van der Waals surface area contributed by atoms with Crippen LogP contribution in [0, 0.1) is 0 Å². The molecule has 0 aliphatic carbocycles. The summed E-state index contributed by atoms with van der Waals surface area (Å²) < 4.78 is 0. The van der Waals surface area contributed by atoms with E-state index in [0.29, 0.717) is 19.1 Å². The highest BCUT2D eigenvalue weighted by molar-refractivity contribution is 5.64. The Morgan fingerprint density at radius 1 is 1.33 bits per heavy atom. The predicted octanol–water partition coefficient (Wildman–Crippen LogP) is 1.96. The van der Waals surface area contributed by atoms with E-state index < -0.39 is 6.09 Å². The van der Waals surface area contributed by atoms with Crippen molar-refractivity contribution >= 4 is 6.09 Å². The summed E-state index contributed by atoms with van der Waals surface area (Å²) in [5.74, 6) is 0. The van der Waals surface area contributed by atoms with Crippen LogP contribution in [0.3, 0.4) is 0 Å². The number of carboxylic acid groups (broad SMARTS) is 1. The summed E-state index contributed by atoms with van der Waals surface area (Å²) in [5.41, 5.74) is 1.35. The van der Waals surface area contributed by atoms with Crippen molar-refractivity contribution in [1.29, 1.82) is 0 Å². The number of hydrogen-bond acceptors (Lipinski definition) is 2. The third-order valence-corrected chi connectivity index (χ3v) is 3.46. The van der Waals surface area contributed by atoms with Crippen LogP contribution >= 0.6 is 0 Å². The molecule has 1 heterocycles. The lowest BCUT2D eigenvalue weighted by Crippen LogP contribution is -2.33. The van der Waals surface area contributed by atoms with Gasteiger partial charge < -0.3 is 15.3 Å². The number of hydrogen-bond donors (Lipinski definition) is 2. The first kappa shape index (κ1) is 12.9. The molecule has 0 radical (unpaired) electrons. The largest absolute Gasteiger partial charge is 0.465 e. The highest BCUT2D eigenvalue weighted by Gasteiger charge is 2.18. The van der Waals surface area contributed by atoms with Gasteiger partial charge in [0.15, 0.2) is 0 Å². The summed E-state index contributed by atoms with van der Waals surface area (Å²) in [6.07, 6.45) is 2.21. The fourth-order valence-electron chi connectivity index (χ4n) is 2.35. The second-order valence-corrected chi connectivity index (χ2v) is 4.73. The fourth-order valence-corrected chi connectivity index (χ4v) is 2.35. The van der Waals surface area contributed by atoms with Crippen molar-refractivity contribution in [3.05, 3.63) is 35.9 Å². The lowest BCUT2D eigenvalue weighted by Gasteiger charge is -2.16. The Bertz CT molecular complexity index is 381. The highest BCUT2D eigenvalue weighted by Crippen LogP contribution is 2.10. The van der Waals surface area contributed by atoms with Gasteiger partial charge in [-0.05, 0) is 24.8 Å². The van der Waals surface area contributed by atoms with Gasteiger partial charge in [0.05, 0.1) is 0 Å². The maximum atomic E-state index is 10.9. The Morgan fingerprint density at radius 2 is 2.11 bits per heavy atom. The molecule has 1 saturated heterocycles. The molecule has 0 unspecified atom stereocenters. The van der Waals surface area contributed by atoms with E-state index >= 15 is 0 Å². The second kappa shape index (κ2) is 6.40. The molecule has 1 fully saturated rings. The van der Waals surface area contributed by atoms with Crippen LogP contribution in [0.15, 0.2) is 30.3 Å². The van der Waals surface area contributed by atoms with E-state index in [0.717, 1.165) is 25.8 Å². The molecule has 2 rings (SSSR count). The van der Waals surface area contributed by atoms with Crippen LogP contribution in [0.25, 0.3) is 0 Å². The van der Waals surface area contributed by atoms with Gasteiger partial charge >= 0.3 is 6.09 Å². The Balaban J connectivity index is 1.79. The van der Waals surface area contributed by atoms with Crippen LogP contribution in [0.1, 0.15) is 18.4 Å². The lowest BCUT2D eigenvalue weighted by atomic mass is 10.0. The minimum absolute atomic E-state index is 0.426. The first-order valence-electron chi connectivity index (χ1n) is 6.51. The average molecular weight is 248 g/mol. The van der Waals surface area contributed by atoms with Crippen LogP contribution in [-0.2, 0) is 6.42 Å². The molecule has 4 nitrogen and oxygen atoms in total. The molecule has 1 aliphatic heterocycles. The minimum Gasteiger partial charge on any atom is -0.465 e. The van der Waals surface area contributed by atoms with Crippen LogP contribution in [0.2, 0.25) is 0 Å². The van der Waals surface area contributed by atoms with E-state index in [9.17, 15) is 4.79 Å². The molecule has 1 aliphatic rings. The maximum Gasteiger partial charge on any atom is 0.407 e. The number of carbonyl (C=O) groups is 1. The Morgan fingerprint density at radius 3 is 2.83 bits per heavy atom. The molecule has 18 heavy (non-hydrogen) atoms. The van der Waals surface area contributed by atoms with E-state index in [1.165, 1.54) is 10.5 Å². The highest BCUT2D eigenvalue weighted by atomic mass is 16.4. The van der Waals surface area contributed by atoms with Crippen molar-refractivity contribution in [3.8, 4) is 0 Å². The standard InChI is InChI=1S/C14H20N2O2/c17-14(18)16-10-8-13(15-9-11-16)7-6-12-4-2-1-3-5-12/h1-5,13,15H,6-11H2,(H,17,18)/t13-/m1/s1. The van der Waals surface area contributed by atoms with Gasteiger partial charge in [-0.15, -0.1) is 0 Å². The Labute approximate surface area is 108 Å². The van der Waals surface area contributed by atoms with Gasteiger partial charge in [-0.3, -0.25) is 0 Å². The zero-order chi connectivity index (χ0) is 12.8. The average Bonchev–Trinajstić information content (AvgIpc) is 2.63. The van der Waals surface area contributed by atoms with E-state index in [-0.39, 0.29) is 0 Å². The van der Waals surface area contributed by atoms with Gasteiger partial charge in [0.1, 0.15) is 0 Å². The molecule has 0 aromatic heterocycles. The summed E-state index contributed by atoms with van der Waals surface area (Å²) >= 11 is 0. The quantitative estimate of drug-likeness (QED) is 0.859. The zero-order valence-corrected chi connectivity index (χ0v) is 10.5. The number of rotatable bonds is 3. The van der Waals surface area contributed by atoms with Crippen LogP contribution in [0.5, 0.6) is 0 Å². The van der Waals surface area contributed by atoms with Crippen LogP contribution < -0.4 is 5.32 Å². The summed E-state index contributed by atoms with van der Waals surface area (Å²) in [5, 5.41) is 12.4. The van der Waals surface area contributed by atoms with Crippen molar-refractivity contribution in [2.75, 3.05) is 19.6 Å². The van der Waals surface area contributed by atoms with Gasteiger partial charge in [0.25, 0.3) is 0 Å². The third kappa shape index (κ3) is 3.74. The molecule has 1 aromatic carbocycles. The number of nitrogens with zero attached hydrogens (tertiary/aromatic N) is 1. The number of benzene rings is 1. The summed E-state index contributed by atoms with van der Waals surface area (Å²) in [4.78, 5) is 12.4. The maximum absolute atomic E-state index is 10.9. The van der Waals surface area contributed by atoms with Crippen LogP contribution in [0.4, 0.5) is 4.79 Å². The molecule has 0 spiro atoms. The first-order valence-corrected chi connectivity index (χ1v) is 6.51. The summed E-state index contributed by atoms with van der Waals surface area (Å²) in [7, 11) is 0. The van der Waals surface area contributed by atoms with Crippen molar-refractivity contribution < 1.29 is 9.90 Å². The predicted molar refractivity (Wildman–Crippen MR) is 70.8 cm³/mol.